The van der Waals surface area contributed by atoms with E-state index >= 15 is 0 Å². The molecule has 0 saturated carbocycles. The van der Waals surface area contributed by atoms with Crippen LogP contribution in [-0.2, 0) is 0 Å². The fourth-order valence-corrected chi connectivity index (χ4v) is 2.11. The molecule has 1 N–H and O–H groups in total. The highest BCUT2D eigenvalue weighted by molar-refractivity contribution is 9.10. The number of nitrogens with zero attached hydrogens (tertiary/aromatic N) is 4. The number of benzene rings is 1. The number of hydrogen-bond donors (Lipinski definition) is 1. The largest absolute Gasteiger partial charge is 0.338 e. The van der Waals surface area contributed by atoms with E-state index in [1.54, 1.807) is 18.2 Å². The van der Waals surface area contributed by atoms with Gasteiger partial charge in [0.15, 0.2) is 0 Å². The van der Waals surface area contributed by atoms with Crippen molar-refractivity contribution in [3.8, 4) is 0 Å². The number of halogens is 3. The molecule has 96 valence electrons. The molecule has 0 aliphatic carbocycles. The van der Waals surface area contributed by atoms with Crippen LogP contribution in [0, 0.1) is 5.82 Å². The summed E-state index contributed by atoms with van der Waals surface area (Å²) >= 11 is 9.08. The second-order valence-corrected chi connectivity index (χ2v) is 4.99. The third-order valence-corrected chi connectivity index (χ3v) is 3.10. The topological polar surface area (TPSA) is 55.1 Å². The first-order valence-corrected chi connectivity index (χ1v) is 6.39. The zero-order valence-electron chi connectivity index (χ0n) is 9.31. The van der Waals surface area contributed by atoms with Crippen LogP contribution in [0.1, 0.15) is 0 Å². The van der Waals surface area contributed by atoms with Crippen LogP contribution in [0.2, 0.25) is 5.15 Å². The van der Waals surface area contributed by atoms with Crippen LogP contribution in [0.3, 0.4) is 0 Å². The van der Waals surface area contributed by atoms with Crippen molar-refractivity contribution in [2.45, 2.75) is 0 Å². The first-order chi connectivity index (χ1) is 9.13. The van der Waals surface area contributed by atoms with Crippen molar-refractivity contribution in [1.29, 1.82) is 0 Å². The molecule has 0 radical (unpaired) electrons. The quantitative estimate of drug-likeness (QED) is 0.725. The molecule has 5 nitrogen and oxygen atoms in total. The lowest BCUT2D eigenvalue weighted by Crippen LogP contribution is -2.02. The first-order valence-electron chi connectivity index (χ1n) is 5.22. The van der Waals surface area contributed by atoms with Crippen LogP contribution >= 0.6 is 27.5 Å². The molecule has 2 heterocycles. The monoisotopic (exact) mass is 341 g/mol. The smallest absolute Gasteiger partial charge is 0.255 e. The SMILES string of the molecule is Fc1cc(Br)ccc1Nc1cc(Cl)nc2ncnn12. The van der Waals surface area contributed by atoms with Crippen molar-refractivity contribution >= 4 is 44.8 Å². The Bertz CT molecular complexity index is 760. The Hall–Kier alpha value is -1.73. The number of aromatic nitrogens is 4. The summed E-state index contributed by atoms with van der Waals surface area (Å²) in [4.78, 5) is 7.92. The van der Waals surface area contributed by atoms with Gasteiger partial charge in [0.1, 0.15) is 23.1 Å². The molecular weight excluding hydrogens is 337 g/mol. The predicted molar refractivity (Wildman–Crippen MR) is 73.2 cm³/mol. The van der Waals surface area contributed by atoms with Crippen molar-refractivity contribution < 1.29 is 4.39 Å². The maximum absolute atomic E-state index is 13.8. The molecule has 0 unspecified atom stereocenters. The van der Waals surface area contributed by atoms with Crippen LogP contribution in [-0.4, -0.2) is 19.6 Å². The van der Waals surface area contributed by atoms with Gasteiger partial charge in [-0.15, -0.1) is 0 Å². The zero-order valence-corrected chi connectivity index (χ0v) is 11.7. The fraction of sp³-hybridized carbons (Fsp3) is 0. The van der Waals surface area contributed by atoms with Crippen molar-refractivity contribution in [3.63, 3.8) is 0 Å². The lowest BCUT2D eigenvalue weighted by molar-refractivity contribution is 0.630. The van der Waals surface area contributed by atoms with E-state index in [1.807, 2.05) is 0 Å². The molecule has 0 saturated heterocycles. The Kier molecular flexibility index (Phi) is 3.08. The van der Waals surface area contributed by atoms with E-state index in [0.717, 1.165) is 0 Å². The molecule has 3 aromatic rings. The van der Waals surface area contributed by atoms with E-state index in [1.165, 1.54) is 16.9 Å². The number of rotatable bonds is 2. The van der Waals surface area contributed by atoms with Crippen molar-refractivity contribution in [3.05, 3.63) is 46.0 Å². The Morgan fingerprint density at radius 3 is 2.95 bits per heavy atom. The van der Waals surface area contributed by atoms with Crippen molar-refractivity contribution in [2.75, 3.05) is 5.32 Å². The summed E-state index contributed by atoms with van der Waals surface area (Å²) in [6, 6.07) is 6.25. The molecule has 8 heteroatoms. The van der Waals surface area contributed by atoms with Gasteiger partial charge >= 0.3 is 0 Å². The highest BCUT2D eigenvalue weighted by Crippen LogP contribution is 2.24. The summed E-state index contributed by atoms with van der Waals surface area (Å²) in [5, 5.41) is 7.15. The van der Waals surface area contributed by atoms with Gasteiger partial charge in [-0.2, -0.15) is 19.6 Å². The van der Waals surface area contributed by atoms with Crippen LogP contribution in [0.15, 0.2) is 35.1 Å². The Morgan fingerprint density at radius 2 is 2.16 bits per heavy atom. The van der Waals surface area contributed by atoms with E-state index < -0.39 is 5.82 Å². The average Bonchev–Trinajstić information content (AvgIpc) is 2.80. The summed E-state index contributed by atoms with van der Waals surface area (Å²) in [6.07, 6.45) is 1.35. The minimum Gasteiger partial charge on any atom is -0.338 e. The van der Waals surface area contributed by atoms with Gasteiger partial charge in [0, 0.05) is 10.5 Å². The molecule has 1 aromatic carbocycles. The van der Waals surface area contributed by atoms with Crippen LogP contribution in [0.25, 0.3) is 5.78 Å². The van der Waals surface area contributed by atoms with E-state index in [-0.39, 0.29) is 5.15 Å². The standard InChI is InChI=1S/C11H6BrClFN5/c12-6-1-2-8(7(14)3-6)17-10-4-9(13)18-11-15-5-16-19(10)11/h1-5,17H. The van der Waals surface area contributed by atoms with Gasteiger partial charge in [0.25, 0.3) is 5.78 Å². The minimum absolute atomic E-state index is 0.250. The van der Waals surface area contributed by atoms with Crippen molar-refractivity contribution in [2.24, 2.45) is 0 Å². The Morgan fingerprint density at radius 1 is 1.32 bits per heavy atom. The molecule has 0 atom stereocenters. The van der Waals surface area contributed by atoms with Gasteiger partial charge in [0.05, 0.1) is 5.69 Å². The maximum atomic E-state index is 13.8. The lowest BCUT2D eigenvalue weighted by Gasteiger charge is -2.09. The normalized spacial score (nSPS) is 10.9. The predicted octanol–water partition coefficient (Wildman–Crippen LogP) is 3.42. The van der Waals surface area contributed by atoms with E-state index in [9.17, 15) is 4.39 Å². The molecule has 0 amide bonds. The number of nitrogens with one attached hydrogen (secondary N) is 1. The molecular formula is C11H6BrClFN5. The Labute approximate surface area is 120 Å². The molecule has 2 aromatic heterocycles. The zero-order chi connectivity index (χ0) is 13.4. The van der Waals surface area contributed by atoms with Crippen LogP contribution < -0.4 is 5.32 Å². The second-order valence-electron chi connectivity index (χ2n) is 3.69. The van der Waals surface area contributed by atoms with Gasteiger partial charge in [0.2, 0.25) is 0 Å². The Balaban J connectivity index is 2.07. The van der Waals surface area contributed by atoms with Gasteiger partial charge in [-0.05, 0) is 18.2 Å². The van der Waals surface area contributed by atoms with Gasteiger partial charge < -0.3 is 5.32 Å². The fourth-order valence-electron chi connectivity index (χ4n) is 1.60. The summed E-state index contributed by atoms with van der Waals surface area (Å²) in [7, 11) is 0. The molecule has 0 bridgehead atoms. The van der Waals surface area contributed by atoms with E-state index in [4.69, 9.17) is 11.6 Å². The summed E-state index contributed by atoms with van der Waals surface area (Å²) in [5.74, 6) is 0.428. The summed E-state index contributed by atoms with van der Waals surface area (Å²) < 4.78 is 15.9. The van der Waals surface area contributed by atoms with E-state index in [2.05, 4.69) is 36.3 Å². The number of anilines is 2. The molecule has 0 aliphatic rings. The first kappa shape index (κ1) is 12.3. The lowest BCUT2D eigenvalue weighted by atomic mass is 10.3. The second kappa shape index (κ2) is 4.75. The number of fused-ring (bicyclic) bond motifs is 1. The van der Waals surface area contributed by atoms with Crippen molar-refractivity contribution in [1.82, 2.24) is 19.6 Å². The van der Waals surface area contributed by atoms with Gasteiger partial charge in [-0.1, -0.05) is 27.5 Å². The highest BCUT2D eigenvalue weighted by Gasteiger charge is 2.09. The molecule has 19 heavy (non-hydrogen) atoms. The van der Waals surface area contributed by atoms with E-state index in [0.29, 0.717) is 21.8 Å². The molecule has 3 rings (SSSR count). The number of hydrogen-bond acceptors (Lipinski definition) is 4. The average molecular weight is 343 g/mol. The third kappa shape index (κ3) is 2.39. The van der Waals surface area contributed by atoms with Crippen LogP contribution in [0.5, 0.6) is 0 Å². The third-order valence-electron chi connectivity index (χ3n) is 2.41. The summed E-state index contributed by atoms with van der Waals surface area (Å²) in [6.45, 7) is 0. The van der Waals surface area contributed by atoms with Gasteiger partial charge in [-0.3, -0.25) is 0 Å². The molecule has 0 spiro atoms. The molecule has 0 fully saturated rings. The van der Waals surface area contributed by atoms with Crippen LogP contribution in [0.4, 0.5) is 15.9 Å². The van der Waals surface area contributed by atoms with Gasteiger partial charge in [-0.25, -0.2) is 4.39 Å². The highest BCUT2D eigenvalue weighted by atomic mass is 79.9. The minimum atomic E-state index is -0.393. The molecule has 0 aliphatic heterocycles. The maximum Gasteiger partial charge on any atom is 0.255 e. The summed E-state index contributed by atoms with van der Waals surface area (Å²) in [5.41, 5.74) is 0.308.